The lowest BCUT2D eigenvalue weighted by Gasteiger charge is -2.03. The summed E-state index contributed by atoms with van der Waals surface area (Å²) in [7, 11) is 1.49. The lowest BCUT2D eigenvalue weighted by molar-refractivity contribution is -0.113. The maximum Gasteiger partial charge on any atom is 0.241 e. The molecule has 1 amide bonds. The summed E-state index contributed by atoms with van der Waals surface area (Å²) in [5, 5.41) is 0. The fourth-order valence-corrected chi connectivity index (χ4v) is 0.948. The highest BCUT2D eigenvalue weighted by Gasteiger charge is 2.01. The summed E-state index contributed by atoms with van der Waals surface area (Å²) < 4.78 is 4.96. The number of carbonyl (C=O) groups excluding carboxylic acids is 1. The number of primary amides is 1. The van der Waals surface area contributed by atoms with Crippen molar-refractivity contribution in [2.75, 3.05) is 12.8 Å². The van der Waals surface area contributed by atoms with E-state index in [1.807, 2.05) is 0 Å². The zero-order valence-corrected chi connectivity index (χ0v) is 7.73. The van der Waals surface area contributed by atoms with Crippen LogP contribution in [0, 0.1) is 0 Å². The number of hydrogen-bond donors (Lipinski definition) is 2. The summed E-state index contributed by atoms with van der Waals surface area (Å²) in [4.78, 5) is 14.4. The van der Waals surface area contributed by atoms with E-state index in [0.717, 1.165) is 0 Å². The molecule has 74 valence electrons. The number of carbonyl (C=O) groups is 1. The number of rotatable bonds is 3. The van der Waals surface area contributed by atoms with Crippen molar-refractivity contribution in [3.8, 4) is 5.88 Å². The maximum atomic E-state index is 10.5. The molecular weight excluding hydrogens is 182 g/mol. The van der Waals surface area contributed by atoms with Crippen LogP contribution in [0.2, 0.25) is 0 Å². The molecule has 0 fully saturated rings. The van der Waals surface area contributed by atoms with E-state index in [1.54, 1.807) is 6.07 Å². The second kappa shape index (κ2) is 4.27. The molecular formula is C9H11N3O2. The van der Waals surface area contributed by atoms with Gasteiger partial charge in [-0.2, -0.15) is 0 Å². The van der Waals surface area contributed by atoms with Crippen LogP contribution in [0.25, 0.3) is 6.08 Å². The minimum Gasteiger partial charge on any atom is -0.481 e. The Kier molecular flexibility index (Phi) is 3.06. The van der Waals surface area contributed by atoms with Crippen molar-refractivity contribution in [2.45, 2.75) is 0 Å². The second-order valence-electron chi connectivity index (χ2n) is 2.60. The van der Waals surface area contributed by atoms with Crippen LogP contribution >= 0.6 is 0 Å². The summed E-state index contributed by atoms with van der Waals surface area (Å²) in [6.07, 6.45) is 4.20. The number of anilines is 1. The number of pyridine rings is 1. The van der Waals surface area contributed by atoms with Crippen LogP contribution in [0.4, 0.5) is 5.69 Å². The molecule has 1 heterocycles. The first kappa shape index (κ1) is 10.0. The van der Waals surface area contributed by atoms with Gasteiger partial charge in [-0.15, -0.1) is 0 Å². The number of amides is 1. The van der Waals surface area contributed by atoms with Crippen molar-refractivity contribution in [3.05, 3.63) is 23.9 Å². The number of aromatic nitrogens is 1. The van der Waals surface area contributed by atoms with Gasteiger partial charge in [0.15, 0.2) is 0 Å². The van der Waals surface area contributed by atoms with Crippen LogP contribution in [-0.2, 0) is 4.79 Å². The smallest absolute Gasteiger partial charge is 0.241 e. The third kappa shape index (κ3) is 2.48. The van der Waals surface area contributed by atoms with Gasteiger partial charge < -0.3 is 16.2 Å². The summed E-state index contributed by atoms with van der Waals surface area (Å²) in [5.41, 5.74) is 11.6. The fraction of sp³-hybridized carbons (Fsp3) is 0.111. The van der Waals surface area contributed by atoms with Crippen molar-refractivity contribution in [1.29, 1.82) is 0 Å². The molecule has 1 rings (SSSR count). The Morgan fingerprint density at radius 3 is 2.93 bits per heavy atom. The van der Waals surface area contributed by atoms with Gasteiger partial charge in [-0.25, -0.2) is 4.98 Å². The lowest BCUT2D eigenvalue weighted by Crippen LogP contribution is -2.05. The molecule has 14 heavy (non-hydrogen) atoms. The lowest BCUT2D eigenvalue weighted by atomic mass is 10.2. The number of nitrogen functional groups attached to an aromatic ring is 1. The van der Waals surface area contributed by atoms with Crippen LogP contribution in [-0.4, -0.2) is 18.0 Å². The highest BCUT2D eigenvalue weighted by molar-refractivity contribution is 5.90. The van der Waals surface area contributed by atoms with Gasteiger partial charge in [0, 0.05) is 11.6 Å². The summed E-state index contributed by atoms with van der Waals surface area (Å²) in [5.74, 6) is -0.133. The van der Waals surface area contributed by atoms with Crippen LogP contribution in [0.15, 0.2) is 18.3 Å². The van der Waals surface area contributed by atoms with Crippen molar-refractivity contribution in [1.82, 2.24) is 4.98 Å². The minimum absolute atomic E-state index is 0.400. The molecule has 0 saturated carbocycles. The van der Waals surface area contributed by atoms with Crippen LogP contribution in [0.5, 0.6) is 5.88 Å². The number of methoxy groups -OCH3 is 1. The van der Waals surface area contributed by atoms with Crippen LogP contribution in [0.3, 0.4) is 0 Å². The molecule has 0 bridgehead atoms. The molecule has 5 nitrogen and oxygen atoms in total. The second-order valence-corrected chi connectivity index (χ2v) is 2.60. The quantitative estimate of drug-likeness (QED) is 0.669. The normalized spacial score (nSPS) is 10.4. The Hall–Kier alpha value is -2.04. The SMILES string of the molecule is COc1ncc(N)cc1C=CC(N)=O. The van der Waals surface area contributed by atoms with Gasteiger partial charge in [0.2, 0.25) is 11.8 Å². The van der Waals surface area contributed by atoms with E-state index in [2.05, 4.69) is 4.98 Å². The molecule has 0 atom stereocenters. The predicted octanol–water partition coefficient (Wildman–Crippen LogP) is 0.171. The van der Waals surface area contributed by atoms with Crippen LogP contribution in [0.1, 0.15) is 5.56 Å². The third-order valence-corrected chi connectivity index (χ3v) is 1.52. The molecule has 1 aromatic rings. The predicted molar refractivity (Wildman–Crippen MR) is 53.4 cm³/mol. The third-order valence-electron chi connectivity index (χ3n) is 1.52. The average molecular weight is 193 g/mol. The Balaban J connectivity index is 3.04. The molecule has 0 unspecified atom stereocenters. The first-order chi connectivity index (χ1) is 6.63. The Morgan fingerprint density at radius 2 is 2.36 bits per heavy atom. The summed E-state index contributed by atoms with van der Waals surface area (Å²) >= 11 is 0. The van der Waals surface area contributed by atoms with E-state index < -0.39 is 5.91 Å². The van der Waals surface area contributed by atoms with Gasteiger partial charge in [0.05, 0.1) is 19.0 Å². The van der Waals surface area contributed by atoms with E-state index in [1.165, 1.54) is 25.5 Å². The fourth-order valence-electron chi connectivity index (χ4n) is 0.948. The highest BCUT2D eigenvalue weighted by Crippen LogP contribution is 2.18. The highest BCUT2D eigenvalue weighted by atomic mass is 16.5. The zero-order valence-electron chi connectivity index (χ0n) is 7.73. The summed E-state index contributed by atoms with van der Waals surface area (Å²) in [6, 6.07) is 1.64. The minimum atomic E-state index is -0.533. The Labute approximate surface area is 81.4 Å². The first-order valence-corrected chi connectivity index (χ1v) is 3.90. The van der Waals surface area contributed by atoms with Gasteiger partial charge in [-0.05, 0) is 12.1 Å². The molecule has 0 aliphatic rings. The Morgan fingerprint density at radius 1 is 1.64 bits per heavy atom. The molecule has 0 aliphatic carbocycles. The van der Waals surface area contributed by atoms with E-state index in [9.17, 15) is 4.79 Å². The molecule has 0 aliphatic heterocycles. The number of nitrogens with zero attached hydrogens (tertiary/aromatic N) is 1. The van der Waals surface area contributed by atoms with Crippen molar-refractivity contribution >= 4 is 17.7 Å². The van der Waals surface area contributed by atoms with Gasteiger partial charge in [0.25, 0.3) is 0 Å². The molecule has 5 heteroatoms. The van der Waals surface area contributed by atoms with E-state index in [0.29, 0.717) is 17.1 Å². The van der Waals surface area contributed by atoms with Gasteiger partial charge >= 0.3 is 0 Å². The zero-order chi connectivity index (χ0) is 10.6. The largest absolute Gasteiger partial charge is 0.481 e. The molecule has 0 spiro atoms. The number of ether oxygens (including phenoxy) is 1. The topological polar surface area (TPSA) is 91.2 Å². The molecule has 1 aromatic heterocycles. The monoisotopic (exact) mass is 193 g/mol. The summed E-state index contributed by atoms with van der Waals surface area (Å²) in [6.45, 7) is 0. The molecule has 0 radical (unpaired) electrons. The first-order valence-electron chi connectivity index (χ1n) is 3.90. The molecule has 4 N–H and O–H groups in total. The Bertz CT molecular complexity index is 374. The number of nitrogens with two attached hydrogens (primary N) is 2. The van der Waals surface area contributed by atoms with Gasteiger partial charge in [-0.3, -0.25) is 4.79 Å². The maximum absolute atomic E-state index is 10.5. The van der Waals surface area contributed by atoms with E-state index in [4.69, 9.17) is 16.2 Å². The van der Waals surface area contributed by atoms with Crippen molar-refractivity contribution < 1.29 is 9.53 Å². The number of hydrogen-bond acceptors (Lipinski definition) is 4. The molecule has 0 saturated heterocycles. The van der Waals surface area contributed by atoms with Gasteiger partial charge in [0.1, 0.15) is 0 Å². The molecule has 0 aromatic carbocycles. The van der Waals surface area contributed by atoms with E-state index >= 15 is 0 Å². The van der Waals surface area contributed by atoms with Crippen molar-refractivity contribution in [3.63, 3.8) is 0 Å². The van der Waals surface area contributed by atoms with E-state index in [-0.39, 0.29) is 0 Å². The van der Waals surface area contributed by atoms with Crippen molar-refractivity contribution in [2.24, 2.45) is 5.73 Å². The standard InChI is InChI=1S/C9H11N3O2/c1-14-9-6(2-3-8(11)13)4-7(10)5-12-9/h2-5H,10H2,1H3,(H2,11,13). The van der Waals surface area contributed by atoms with Crippen LogP contribution < -0.4 is 16.2 Å². The average Bonchev–Trinajstić information content (AvgIpc) is 2.15. The van der Waals surface area contributed by atoms with Gasteiger partial charge in [-0.1, -0.05) is 0 Å².